The summed E-state index contributed by atoms with van der Waals surface area (Å²) in [4.78, 5) is 14.7. The van der Waals surface area contributed by atoms with Gasteiger partial charge < -0.3 is 9.64 Å². The molecular weight excluding hydrogens is 334 g/mol. The molecule has 0 N–H and O–H groups in total. The Balaban J connectivity index is 1.38. The van der Waals surface area contributed by atoms with Crippen molar-refractivity contribution in [2.45, 2.75) is 44.1 Å². The molecule has 2 aromatic rings. The van der Waals surface area contributed by atoms with Crippen molar-refractivity contribution in [2.75, 3.05) is 19.6 Å². The molecule has 1 aliphatic heterocycles. The highest BCUT2D eigenvalue weighted by atomic mass is 16.6. The van der Waals surface area contributed by atoms with E-state index in [9.17, 15) is 4.79 Å². The molecule has 0 amide bonds. The maximum Gasteiger partial charge on any atom is 0.306 e. The van der Waals surface area contributed by atoms with Crippen LogP contribution in [-0.2, 0) is 15.1 Å². The van der Waals surface area contributed by atoms with Gasteiger partial charge in [-0.1, -0.05) is 67.6 Å². The van der Waals surface area contributed by atoms with Crippen LogP contribution < -0.4 is 0 Å². The van der Waals surface area contributed by atoms with E-state index in [-0.39, 0.29) is 5.97 Å². The number of rotatable bonds is 6. The van der Waals surface area contributed by atoms with Crippen LogP contribution in [0.4, 0.5) is 0 Å². The Morgan fingerprint density at radius 1 is 1.04 bits per heavy atom. The Morgan fingerprint density at radius 2 is 1.67 bits per heavy atom. The monoisotopic (exact) mass is 363 g/mol. The molecule has 0 bridgehead atoms. The molecule has 2 aliphatic rings. The summed E-state index contributed by atoms with van der Waals surface area (Å²) in [6.07, 6.45) is 3.49. The third kappa shape index (κ3) is 4.08. The number of esters is 1. The summed E-state index contributed by atoms with van der Waals surface area (Å²) in [5, 5.41) is 0. The van der Waals surface area contributed by atoms with E-state index in [0.29, 0.717) is 6.42 Å². The number of carbonyl (C=O) groups excluding carboxylic acids is 1. The lowest BCUT2D eigenvalue weighted by atomic mass is 9.84. The van der Waals surface area contributed by atoms with Crippen LogP contribution in [0, 0.1) is 5.92 Å². The van der Waals surface area contributed by atoms with Gasteiger partial charge in [-0.25, -0.2) is 0 Å². The summed E-state index contributed by atoms with van der Waals surface area (Å²) < 4.78 is 6.01. The average Bonchev–Trinajstić information content (AvgIpc) is 3.50. The molecule has 1 saturated heterocycles. The van der Waals surface area contributed by atoms with Gasteiger partial charge in [0.25, 0.3) is 0 Å². The second-order valence-electron chi connectivity index (χ2n) is 8.00. The number of benzene rings is 2. The summed E-state index contributed by atoms with van der Waals surface area (Å²) in [7, 11) is 0. The Morgan fingerprint density at radius 3 is 2.30 bits per heavy atom. The van der Waals surface area contributed by atoms with Gasteiger partial charge in [0.1, 0.15) is 5.60 Å². The van der Waals surface area contributed by atoms with Gasteiger partial charge in [0, 0.05) is 38.9 Å². The lowest BCUT2D eigenvalue weighted by Gasteiger charge is -2.41. The topological polar surface area (TPSA) is 29.5 Å². The van der Waals surface area contributed by atoms with Crippen LogP contribution in [-0.4, -0.2) is 30.5 Å². The molecule has 0 aromatic heterocycles. The lowest BCUT2D eigenvalue weighted by molar-refractivity contribution is -0.166. The molecule has 2 atom stereocenters. The number of likely N-dealkylation sites (tertiary alicyclic amines) is 1. The molecule has 0 radical (unpaired) electrons. The highest BCUT2D eigenvalue weighted by Crippen LogP contribution is 2.48. The summed E-state index contributed by atoms with van der Waals surface area (Å²) in [5.74, 6) is 1.40. The molecule has 1 heterocycles. The number of hydrogen-bond acceptors (Lipinski definition) is 3. The first-order valence-corrected chi connectivity index (χ1v) is 10.2. The fourth-order valence-corrected chi connectivity index (χ4v) is 4.47. The molecule has 4 rings (SSSR count). The summed E-state index contributed by atoms with van der Waals surface area (Å²) in [6.45, 7) is 5.01. The first kappa shape index (κ1) is 18.2. The van der Waals surface area contributed by atoms with Gasteiger partial charge in [-0.15, -0.1) is 0 Å². The third-order valence-corrected chi connectivity index (χ3v) is 6.20. The molecule has 3 heteroatoms. The van der Waals surface area contributed by atoms with Gasteiger partial charge in [0.05, 0.1) is 0 Å². The van der Waals surface area contributed by atoms with Crippen LogP contribution in [0.2, 0.25) is 0 Å². The van der Waals surface area contributed by atoms with Gasteiger partial charge in [-0.3, -0.25) is 4.79 Å². The molecule has 2 fully saturated rings. The van der Waals surface area contributed by atoms with Crippen molar-refractivity contribution in [3.8, 4) is 0 Å². The molecule has 1 aliphatic carbocycles. The average molecular weight is 364 g/mol. The number of nitrogens with zero attached hydrogens (tertiary/aromatic N) is 1. The van der Waals surface area contributed by atoms with E-state index in [1.165, 1.54) is 12.0 Å². The Kier molecular flexibility index (Phi) is 5.31. The second kappa shape index (κ2) is 7.85. The molecule has 0 unspecified atom stereocenters. The van der Waals surface area contributed by atoms with Gasteiger partial charge in [-0.2, -0.15) is 0 Å². The second-order valence-corrected chi connectivity index (χ2v) is 8.00. The van der Waals surface area contributed by atoms with Crippen LogP contribution in [0.15, 0.2) is 60.7 Å². The quantitative estimate of drug-likeness (QED) is 0.695. The van der Waals surface area contributed by atoms with Crippen molar-refractivity contribution in [3.63, 3.8) is 0 Å². The van der Waals surface area contributed by atoms with Crippen molar-refractivity contribution >= 4 is 5.97 Å². The van der Waals surface area contributed by atoms with Gasteiger partial charge >= 0.3 is 5.97 Å². The molecule has 2 aromatic carbocycles. The highest BCUT2D eigenvalue weighted by Gasteiger charge is 2.43. The van der Waals surface area contributed by atoms with Crippen LogP contribution in [0.1, 0.15) is 49.7 Å². The first-order chi connectivity index (χ1) is 13.2. The van der Waals surface area contributed by atoms with E-state index in [1.807, 2.05) is 25.1 Å². The van der Waals surface area contributed by atoms with E-state index in [0.717, 1.165) is 49.9 Å². The Labute approximate surface area is 162 Å². The van der Waals surface area contributed by atoms with E-state index < -0.39 is 5.60 Å². The van der Waals surface area contributed by atoms with Gasteiger partial charge in [0.15, 0.2) is 0 Å². The minimum Gasteiger partial charge on any atom is -0.454 e. The maximum atomic E-state index is 12.1. The first-order valence-electron chi connectivity index (χ1n) is 10.2. The van der Waals surface area contributed by atoms with Crippen molar-refractivity contribution in [3.05, 3.63) is 71.8 Å². The number of piperidine rings is 1. The fourth-order valence-electron chi connectivity index (χ4n) is 4.47. The zero-order valence-electron chi connectivity index (χ0n) is 16.1. The fraction of sp³-hybridized carbons (Fsp3) is 0.458. The normalized spacial score (nSPS) is 24.3. The summed E-state index contributed by atoms with van der Waals surface area (Å²) in [6, 6.07) is 21.2. The highest BCUT2D eigenvalue weighted by molar-refractivity contribution is 5.69. The number of ether oxygens (including phenoxy) is 1. The van der Waals surface area contributed by atoms with E-state index in [2.05, 4.69) is 47.4 Å². The van der Waals surface area contributed by atoms with Gasteiger partial charge in [0.2, 0.25) is 0 Å². The largest absolute Gasteiger partial charge is 0.454 e. The molecular formula is C24H29NO2. The van der Waals surface area contributed by atoms with E-state index in [1.54, 1.807) is 0 Å². The number of hydrogen-bond donors (Lipinski definition) is 0. The molecule has 1 saturated carbocycles. The number of carbonyl (C=O) groups is 1. The smallest absolute Gasteiger partial charge is 0.306 e. The SMILES string of the molecule is CCC(=O)OC1(c2ccccc2)CCN(C[C@@H]2C[C@H]2c2ccccc2)CC1. The molecule has 3 nitrogen and oxygen atoms in total. The zero-order chi connectivity index (χ0) is 18.7. The summed E-state index contributed by atoms with van der Waals surface area (Å²) >= 11 is 0. The Bertz CT molecular complexity index is 750. The maximum absolute atomic E-state index is 12.1. The van der Waals surface area contributed by atoms with Crippen molar-refractivity contribution in [1.29, 1.82) is 0 Å². The molecule has 0 spiro atoms. The van der Waals surface area contributed by atoms with E-state index >= 15 is 0 Å². The molecule has 27 heavy (non-hydrogen) atoms. The zero-order valence-corrected chi connectivity index (χ0v) is 16.1. The van der Waals surface area contributed by atoms with Crippen LogP contribution >= 0.6 is 0 Å². The standard InChI is InChI=1S/C24H29NO2/c1-2-23(26)27-24(21-11-7-4-8-12-21)13-15-25(16-14-24)18-20-17-22(20)19-9-5-3-6-10-19/h3-12,20,22H,2,13-18H2,1H3/t20-,22-/m0/s1. The van der Waals surface area contributed by atoms with Crippen LogP contribution in [0.25, 0.3) is 0 Å². The van der Waals surface area contributed by atoms with Crippen molar-refractivity contribution < 1.29 is 9.53 Å². The minimum atomic E-state index is -0.451. The van der Waals surface area contributed by atoms with Crippen molar-refractivity contribution in [2.24, 2.45) is 5.92 Å². The van der Waals surface area contributed by atoms with E-state index in [4.69, 9.17) is 4.74 Å². The lowest BCUT2D eigenvalue weighted by Crippen LogP contribution is -2.45. The minimum absolute atomic E-state index is 0.0985. The van der Waals surface area contributed by atoms with Gasteiger partial charge in [-0.05, 0) is 29.4 Å². The van der Waals surface area contributed by atoms with Crippen LogP contribution in [0.5, 0.6) is 0 Å². The van der Waals surface area contributed by atoms with Crippen LogP contribution in [0.3, 0.4) is 0 Å². The Hall–Kier alpha value is -2.13. The summed E-state index contributed by atoms with van der Waals surface area (Å²) in [5.41, 5.74) is 2.17. The predicted octanol–water partition coefficient (Wildman–Crippen LogP) is 4.73. The molecule has 142 valence electrons. The third-order valence-electron chi connectivity index (χ3n) is 6.20. The van der Waals surface area contributed by atoms with Crippen molar-refractivity contribution in [1.82, 2.24) is 4.90 Å². The predicted molar refractivity (Wildman–Crippen MR) is 107 cm³/mol.